The topological polar surface area (TPSA) is 0 Å². The van der Waals surface area contributed by atoms with Crippen molar-refractivity contribution in [3.8, 4) is 0 Å². The Bertz CT molecular complexity index is 542. The van der Waals surface area contributed by atoms with Crippen LogP contribution in [0.15, 0.2) is 46.9 Å². The summed E-state index contributed by atoms with van der Waals surface area (Å²) in [6.07, 6.45) is 0.681. The zero-order valence-corrected chi connectivity index (χ0v) is 13.8. The Kier molecular flexibility index (Phi) is 5.04. The highest BCUT2D eigenvalue weighted by atomic mass is 127. The minimum absolute atomic E-state index is 0.125. The number of benzene rings is 2. The van der Waals surface area contributed by atoms with Crippen LogP contribution >= 0.6 is 50.1 Å². The van der Waals surface area contributed by atoms with Crippen LogP contribution in [-0.4, -0.2) is 0 Å². The Morgan fingerprint density at radius 1 is 1.17 bits per heavy atom. The van der Waals surface area contributed by atoms with Crippen molar-refractivity contribution in [1.29, 1.82) is 0 Å². The maximum absolute atomic E-state index is 12.8. The Hall–Kier alpha value is -0.130. The van der Waals surface area contributed by atoms with Gasteiger partial charge in [0.25, 0.3) is 0 Å². The first kappa shape index (κ1) is 14.3. The van der Waals surface area contributed by atoms with Gasteiger partial charge in [0, 0.05) is 8.04 Å². The lowest BCUT2D eigenvalue weighted by Crippen LogP contribution is -1.98. The maximum atomic E-state index is 12.8. The van der Waals surface area contributed by atoms with Gasteiger partial charge in [-0.05, 0) is 70.5 Å². The second-order valence-electron chi connectivity index (χ2n) is 3.96. The molecule has 18 heavy (non-hydrogen) atoms. The summed E-state index contributed by atoms with van der Waals surface area (Å²) in [6.45, 7) is 0. The molecule has 2 aromatic carbocycles. The fraction of sp³-hybridized carbons (Fsp3) is 0.143. The monoisotopic (exact) mass is 438 g/mol. The molecule has 1 atom stereocenters. The third kappa shape index (κ3) is 3.68. The summed E-state index contributed by atoms with van der Waals surface area (Å²) in [6, 6.07) is 12.5. The average Bonchev–Trinajstić information content (AvgIpc) is 2.35. The molecule has 0 aliphatic heterocycles. The number of alkyl halides is 1. The molecule has 0 saturated heterocycles. The molecule has 0 nitrogen and oxygen atoms in total. The van der Waals surface area contributed by atoms with E-state index in [4.69, 9.17) is 11.6 Å². The standard InChI is InChI=1S/C14H10BrClFI/c15-13-6-5-11(18)8-12(13)14(16)7-9-1-3-10(17)4-2-9/h1-6,8,14H,7H2. The van der Waals surface area contributed by atoms with E-state index in [0.29, 0.717) is 6.42 Å². The molecule has 4 heteroatoms. The van der Waals surface area contributed by atoms with Gasteiger partial charge in [-0.1, -0.05) is 28.1 Å². The van der Waals surface area contributed by atoms with Gasteiger partial charge in [-0.3, -0.25) is 0 Å². The van der Waals surface area contributed by atoms with Crippen LogP contribution in [0.5, 0.6) is 0 Å². The number of halogens is 4. The number of hydrogen-bond acceptors (Lipinski definition) is 0. The lowest BCUT2D eigenvalue weighted by atomic mass is 10.0. The first-order valence-electron chi connectivity index (χ1n) is 5.40. The molecule has 2 rings (SSSR count). The molecular weight excluding hydrogens is 429 g/mol. The molecule has 0 bridgehead atoms. The summed E-state index contributed by atoms with van der Waals surface area (Å²) in [5.74, 6) is -0.222. The van der Waals surface area contributed by atoms with E-state index in [1.54, 1.807) is 12.1 Å². The molecular formula is C14H10BrClFI. The average molecular weight is 439 g/mol. The van der Waals surface area contributed by atoms with Crippen LogP contribution in [0, 0.1) is 9.39 Å². The lowest BCUT2D eigenvalue weighted by Gasteiger charge is -2.12. The Morgan fingerprint density at radius 3 is 2.50 bits per heavy atom. The Balaban J connectivity index is 2.18. The van der Waals surface area contributed by atoms with Crippen molar-refractivity contribution in [3.05, 3.63) is 67.5 Å². The van der Waals surface area contributed by atoms with Crippen molar-refractivity contribution >= 4 is 50.1 Å². The molecule has 0 radical (unpaired) electrons. The molecule has 0 spiro atoms. The molecule has 1 unspecified atom stereocenters. The van der Waals surface area contributed by atoms with Crippen LogP contribution in [0.2, 0.25) is 0 Å². The maximum Gasteiger partial charge on any atom is 0.123 e. The molecule has 0 heterocycles. The number of hydrogen-bond donors (Lipinski definition) is 0. The van der Waals surface area contributed by atoms with Crippen molar-refractivity contribution < 1.29 is 4.39 Å². The lowest BCUT2D eigenvalue weighted by molar-refractivity contribution is 0.627. The zero-order chi connectivity index (χ0) is 13.1. The van der Waals surface area contributed by atoms with Gasteiger partial charge in [0.05, 0.1) is 5.38 Å². The van der Waals surface area contributed by atoms with E-state index in [0.717, 1.165) is 19.2 Å². The van der Waals surface area contributed by atoms with E-state index in [2.05, 4.69) is 44.6 Å². The third-order valence-corrected chi connectivity index (χ3v) is 4.41. The minimum Gasteiger partial charge on any atom is -0.207 e. The highest BCUT2D eigenvalue weighted by molar-refractivity contribution is 14.1. The smallest absolute Gasteiger partial charge is 0.123 e. The largest absolute Gasteiger partial charge is 0.207 e. The molecule has 0 amide bonds. The van der Waals surface area contributed by atoms with Crippen LogP contribution in [0.1, 0.15) is 16.5 Å². The van der Waals surface area contributed by atoms with Crippen LogP contribution in [-0.2, 0) is 6.42 Å². The molecule has 0 saturated carbocycles. The van der Waals surface area contributed by atoms with Crippen LogP contribution in [0.25, 0.3) is 0 Å². The Morgan fingerprint density at radius 2 is 1.83 bits per heavy atom. The van der Waals surface area contributed by atoms with Crippen LogP contribution in [0.4, 0.5) is 4.39 Å². The second-order valence-corrected chi connectivity index (χ2v) is 6.59. The van der Waals surface area contributed by atoms with Gasteiger partial charge in [-0.2, -0.15) is 0 Å². The van der Waals surface area contributed by atoms with Crippen molar-refractivity contribution in [2.45, 2.75) is 11.8 Å². The quantitative estimate of drug-likeness (QED) is 0.424. The number of rotatable bonds is 3. The predicted octanol–water partition coefficient (Wildman–Crippen LogP) is 5.72. The fourth-order valence-electron chi connectivity index (χ4n) is 1.69. The summed E-state index contributed by atoms with van der Waals surface area (Å²) < 4.78 is 15.0. The molecule has 0 aliphatic rings. The molecule has 0 aromatic heterocycles. The van der Waals surface area contributed by atoms with Crippen molar-refractivity contribution in [2.24, 2.45) is 0 Å². The van der Waals surface area contributed by atoms with E-state index in [-0.39, 0.29) is 11.2 Å². The predicted molar refractivity (Wildman–Crippen MR) is 85.6 cm³/mol. The van der Waals surface area contributed by atoms with Crippen LogP contribution < -0.4 is 0 Å². The van der Waals surface area contributed by atoms with Crippen molar-refractivity contribution in [1.82, 2.24) is 0 Å². The Labute approximate surface area is 133 Å². The van der Waals surface area contributed by atoms with Crippen molar-refractivity contribution in [3.63, 3.8) is 0 Å². The van der Waals surface area contributed by atoms with E-state index >= 15 is 0 Å². The second kappa shape index (κ2) is 6.35. The van der Waals surface area contributed by atoms with Crippen LogP contribution in [0.3, 0.4) is 0 Å². The highest BCUT2D eigenvalue weighted by Gasteiger charge is 2.13. The fourth-order valence-corrected chi connectivity index (χ4v) is 3.22. The highest BCUT2D eigenvalue weighted by Crippen LogP contribution is 2.32. The first-order chi connectivity index (χ1) is 8.56. The van der Waals surface area contributed by atoms with Gasteiger partial charge in [0.2, 0.25) is 0 Å². The van der Waals surface area contributed by atoms with Gasteiger partial charge < -0.3 is 0 Å². The minimum atomic E-state index is -0.222. The summed E-state index contributed by atoms with van der Waals surface area (Å²) >= 11 is 12.2. The van der Waals surface area contributed by atoms with E-state index in [1.165, 1.54) is 12.1 Å². The third-order valence-electron chi connectivity index (χ3n) is 2.62. The van der Waals surface area contributed by atoms with Gasteiger partial charge >= 0.3 is 0 Å². The summed E-state index contributed by atoms with van der Waals surface area (Å²) in [5.41, 5.74) is 2.09. The van der Waals surface area contributed by atoms with Gasteiger partial charge in [-0.25, -0.2) is 4.39 Å². The van der Waals surface area contributed by atoms with E-state index in [1.807, 2.05) is 12.1 Å². The first-order valence-corrected chi connectivity index (χ1v) is 7.70. The molecule has 0 N–H and O–H groups in total. The summed E-state index contributed by atoms with van der Waals surface area (Å²) in [5, 5.41) is -0.125. The zero-order valence-electron chi connectivity index (χ0n) is 9.34. The summed E-state index contributed by atoms with van der Waals surface area (Å²) in [4.78, 5) is 0. The summed E-state index contributed by atoms with van der Waals surface area (Å²) in [7, 11) is 0. The molecule has 94 valence electrons. The SMILES string of the molecule is Fc1ccc(CC(Cl)c2cc(I)ccc2Br)cc1. The van der Waals surface area contributed by atoms with E-state index in [9.17, 15) is 4.39 Å². The van der Waals surface area contributed by atoms with Gasteiger partial charge in [-0.15, -0.1) is 11.6 Å². The van der Waals surface area contributed by atoms with Gasteiger partial charge in [0.15, 0.2) is 0 Å². The molecule has 2 aromatic rings. The van der Waals surface area contributed by atoms with Crippen molar-refractivity contribution in [2.75, 3.05) is 0 Å². The normalized spacial score (nSPS) is 12.4. The molecule has 0 fully saturated rings. The van der Waals surface area contributed by atoms with E-state index < -0.39 is 0 Å². The van der Waals surface area contributed by atoms with Gasteiger partial charge in [0.1, 0.15) is 5.82 Å². The molecule has 0 aliphatic carbocycles.